The first-order valence-corrected chi connectivity index (χ1v) is 10.5. The molecule has 1 heterocycles. The summed E-state index contributed by atoms with van der Waals surface area (Å²) in [6.07, 6.45) is 1.71. The number of rotatable bonds is 8. The summed E-state index contributed by atoms with van der Waals surface area (Å²) >= 11 is 0. The van der Waals surface area contributed by atoms with Gasteiger partial charge in [-0.2, -0.15) is 0 Å². The Hall–Kier alpha value is -1.71. The van der Waals surface area contributed by atoms with Crippen molar-refractivity contribution in [3.05, 3.63) is 30.1 Å². The number of benzene rings is 1. The summed E-state index contributed by atoms with van der Waals surface area (Å²) in [5.41, 5.74) is -0.133. The second kappa shape index (κ2) is 9.29. The number of sulfonamides is 1. The Morgan fingerprint density at radius 3 is 2.62 bits per heavy atom. The smallest absolute Gasteiger partial charge is 0.243 e. The van der Waals surface area contributed by atoms with Gasteiger partial charge in [-0.25, -0.2) is 12.8 Å². The number of anilines is 1. The number of nitrogens with one attached hydrogen (secondary N) is 1. The number of amides is 1. The van der Waals surface area contributed by atoms with E-state index in [0.717, 1.165) is 49.8 Å². The third-order valence-electron chi connectivity index (χ3n) is 4.23. The number of carbonyl (C=O) groups excluding carboxylic acids is 1. The van der Waals surface area contributed by atoms with Crippen LogP contribution in [0.4, 0.5) is 10.1 Å². The molecular weight excluding hydrogens is 361 g/mol. The Kier molecular flexibility index (Phi) is 7.36. The third-order valence-corrected chi connectivity index (χ3v) is 5.46. The van der Waals surface area contributed by atoms with E-state index in [9.17, 15) is 17.6 Å². The summed E-state index contributed by atoms with van der Waals surface area (Å²) in [4.78, 5) is 14.6. The molecule has 1 aromatic carbocycles. The normalized spacial score (nSPS) is 16.9. The predicted molar refractivity (Wildman–Crippen MR) is 98.1 cm³/mol. The molecule has 1 aromatic rings. The van der Waals surface area contributed by atoms with Gasteiger partial charge >= 0.3 is 0 Å². The van der Waals surface area contributed by atoms with Gasteiger partial charge in [0.2, 0.25) is 15.9 Å². The summed E-state index contributed by atoms with van der Waals surface area (Å²) in [6, 6.07) is 4.46. The molecule has 1 atom stereocenters. The van der Waals surface area contributed by atoms with Gasteiger partial charge < -0.3 is 10.1 Å². The van der Waals surface area contributed by atoms with Crippen molar-refractivity contribution in [1.29, 1.82) is 0 Å². The predicted octanol–water partition coefficient (Wildman–Crippen LogP) is 0.819. The monoisotopic (exact) mass is 387 g/mol. The Bertz CT molecular complexity index is 708. The van der Waals surface area contributed by atoms with E-state index in [4.69, 9.17) is 4.74 Å². The summed E-state index contributed by atoms with van der Waals surface area (Å²) in [7, 11) is -3.82. The highest BCUT2D eigenvalue weighted by Gasteiger charge is 2.30. The number of hydrogen-bond acceptors (Lipinski definition) is 5. The van der Waals surface area contributed by atoms with E-state index in [1.165, 1.54) is 31.2 Å². The van der Waals surface area contributed by atoms with Crippen LogP contribution in [0.1, 0.15) is 13.3 Å². The molecule has 7 nitrogen and oxygen atoms in total. The summed E-state index contributed by atoms with van der Waals surface area (Å²) in [5.74, 6) is -1.15. The van der Waals surface area contributed by atoms with Gasteiger partial charge in [0.25, 0.3) is 0 Å². The maximum Gasteiger partial charge on any atom is 0.243 e. The van der Waals surface area contributed by atoms with Crippen LogP contribution in [0.15, 0.2) is 24.3 Å². The van der Waals surface area contributed by atoms with Crippen LogP contribution < -0.4 is 9.62 Å². The Balaban J connectivity index is 1.94. The number of morpholine rings is 1. The van der Waals surface area contributed by atoms with Gasteiger partial charge in [0, 0.05) is 19.6 Å². The van der Waals surface area contributed by atoms with Crippen LogP contribution in [0.2, 0.25) is 0 Å². The highest BCUT2D eigenvalue weighted by molar-refractivity contribution is 7.92. The highest BCUT2D eigenvalue weighted by atomic mass is 32.2. The first kappa shape index (κ1) is 20.6. The second-order valence-electron chi connectivity index (χ2n) is 6.28. The summed E-state index contributed by atoms with van der Waals surface area (Å²) < 4.78 is 44.4. The van der Waals surface area contributed by atoms with Gasteiger partial charge in [-0.05, 0) is 32.0 Å². The Morgan fingerprint density at radius 1 is 1.35 bits per heavy atom. The molecule has 0 aromatic heterocycles. The largest absolute Gasteiger partial charge is 0.379 e. The number of nitrogens with zero attached hydrogens (tertiary/aromatic N) is 2. The summed E-state index contributed by atoms with van der Waals surface area (Å²) in [5, 5.41) is 2.74. The van der Waals surface area contributed by atoms with E-state index in [1.807, 2.05) is 0 Å². The van der Waals surface area contributed by atoms with Crippen molar-refractivity contribution in [3.8, 4) is 0 Å². The molecule has 1 amide bonds. The van der Waals surface area contributed by atoms with Gasteiger partial charge in [-0.3, -0.25) is 14.0 Å². The number of hydrogen-bond donors (Lipinski definition) is 1. The maximum absolute atomic E-state index is 14.1. The lowest BCUT2D eigenvalue weighted by Gasteiger charge is -2.29. The van der Waals surface area contributed by atoms with E-state index in [2.05, 4.69) is 10.2 Å². The van der Waals surface area contributed by atoms with Crippen LogP contribution >= 0.6 is 0 Å². The van der Waals surface area contributed by atoms with Crippen LogP contribution in [-0.4, -0.2) is 70.9 Å². The van der Waals surface area contributed by atoms with Crippen molar-refractivity contribution in [3.63, 3.8) is 0 Å². The molecule has 2 rings (SSSR count). The minimum Gasteiger partial charge on any atom is -0.379 e. The average Bonchev–Trinajstić information content (AvgIpc) is 2.60. The lowest BCUT2D eigenvalue weighted by atomic mass is 10.2. The lowest BCUT2D eigenvalue weighted by molar-refractivity contribution is -0.121. The topological polar surface area (TPSA) is 79.0 Å². The molecule has 0 unspecified atom stereocenters. The van der Waals surface area contributed by atoms with Crippen LogP contribution in [-0.2, 0) is 19.6 Å². The zero-order chi connectivity index (χ0) is 19.2. The van der Waals surface area contributed by atoms with E-state index in [1.54, 1.807) is 0 Å². The number of halogens is 1. The SMILES string of the molecule is C[C@H](C(=O)NCCCN1CCOCC1)N(c1ccccc1F)S(C)(=O)=O. The quantitative estimate of drug-likeness (QED) is 0.668. The van der Waals surface area contributed by atoms with Gasteiger partial charge in [0.15, 0.2) is 0 Å². The van der Waals surface area contributed by atoms with E-state index in [0.29, 0.717) is 6.54 Å². The van der Waals surface area contributed by atoms with Gasteiger partial charge in [-0.15, -0.1) is 0 Å². The van der Waals surface area contributed by atoms with Crippen LogP contribution in [0.3, 0.4) is 0 Å². The Labute approximate surface area is 154 Å². The minimum absolute atomic E-state index is 0.133. The van der Waals surface area contributed by atoms with Crippen molar-refractivity contribution >= 4 is 21.6 Å². The van der Waals surface area contributed by atoms with Gasteiger partial charge in [0.05, 0.1) is 25.2 Å². The third kappa shape index (κ3) is 5.65. The number of ether oxygens (including phenoxy) is 1. The molecule has 26 heavy (non-hydrogen) atoms. The fourth-order valence-corrected chi connectivity index (χ4v) is 4.07. The molecule has 0 aliphatic carbocycles. The van der Waals surface area contributed by atoms with Crippen LogP contribution in [0.5, 0.6) is 0 Å². The molecule has 0 radical (unpaired) electrons. The van der Waals surface area contributed by atoms with Crippen molar-refractivity contribution in [2.75, 3.05) is 50.0 Å². The number of carbonyl (C=O) groups is 1. The van der Waals surface area contributed by atoms with Gasteiger partial charge in [0.1, 0.15) is 11.9 Å². The van der Waals surface area contributed by atoms with Crippen LogP contribution in [0, 0.1) is 5.82 Å². The molecule has 146 valence electrons. The summed E-state index contributed by atoms with van der Waals surface area (Å²) in [6.45, 7) is 5.89. The molecule has 1 aliphatic rings. The van der Waals surface area contributed by atoms with Crippen molar-refractivity contribution < 1.29 is 22.3 Å². The molecular formula is C17H26FN3O4S. The molecule has 1 aliphatic heterocycles. The molecule has 0 saturated carbocycles. The molecule has 0 bridgehead atoms. The van der Waals surface area contributed by atoms with Gasteiger partial charge in [-0.1, -0.05) is 12.1 Å². The first-order valence-electron chi connectivity index (χ1n) is 8.62. The van der Waals surface area contributed by atoms with E-state index < -0.39 is 27.8 Å². The first-order chi connectivity index (χ1) is 12.3. The molecule has 1 N–H and O–H groups in total. The maximum atomic E-state index is 14.1. The molecule has 0 spiro atoms. The fourth-order valence-electron chi connectivity index (χ4n) is 2.90. The van der Waals surface area contributed by atoms with E-state index >= 15 is 0 Å². The number of para-hydroxylation sites is 1. The molecule has 1 saturated heterocycles. The van der Waals surface area contributed by atoms with Crippen molar-refractivity contribution in [2.45, 2.75) is 19.4 Å². The highest BCUT2D eigenvalue weighted by Crippen LogP contribution is 2.23. The van der Waals surface area contributed by atoms with E-state index in [-0.39, 0.29) is 5.69 Å². The van der Waals surface area contributed by atoms with Crippen molar-refractivity contribution in [2.24, 2.45) is 0 Å². The standard InChI is InChI=1S/C17H26FN3O4S/c1-14(17(22)19-8-5-9-20-10-12-25-13-11-20)21(26(2,23)24)16-7-4-3-6-15(16)18/h3-4,6-7,14H,5,8-13H2,1-2H3,(H,19,22)/t14-/m1/s1. The molecule has 1 fully saturated rings. The minimum atomic E-state index is -3.82. The Morgan fingerprint density at radius 2 is 2.00 bits per heavy atom. The second-order valence-corrected chi connectivity index (χ2v) is 8.14. The van der Waals surface area contributed by atoms with Crippen LogP contribution in [0.25, 0.3) is 0 Å². The average molecular weight is 387 g/mol. The van der Waals surface area contributed by atoms with Crippen molar-refractivity contribution in [1.82, 2.24) is 10.2 Å². The zero-order valence-corrected chi connectivity index (χ0v) is 16.0. The molecule has 9 heteroatoms. The fraction of sp³-hybridized carbons (Fsp3) is 0.588. The lowest BCUT2D eigenvalue weighted by Crippen LogP contribution is -2.48. The zero-order valence-electron chi connectivity index (χ0n) is 15.2.